The molecule has 0 aromatic rings. The molecule has 0 aliphatic heterocycles. The molecule has 0 aromatic heterocycles. The molecule has 100 valence electrons. The van der Waals surface area contributed by atoms with E-state index in [1.807, 2.05) is 6.92 Å². The Morgan fingerprint density at radius 3 is 2.53 bits per heavy atom. The Labute approximate surface area is 104 Å². The highest BCUT2D eigenvalue weighted by Gasteiger charge is 2.38. The monoisotopic (exact) mass is 262 g/mol. The first-order valence-corrected chi connectivity index (χ1v) is 7.55. The van der Waals surface area contributed by atoms with Gasteiger partial charge in [0.05, 0.1) is 5.25 Å². The average molecular weight is 262 g/mol. The molecule has 1 saturated carbocycles. The van der Waals surface area contributed by atoms with E-state index in [1.165, 1.54) is 4.31 Å². The van der Waals surface area contributed by atoms with Crippen LogP contribution in [0.1, 0.15) is 39.5 Å². The summed E-state index contributed by atoms with van der Waals surface area (Å²) in [5.74, 6) is 0.185. The Bertz CT molecular complexity index is 363. The summed E-state index contributed by atoms with van der Waals surface area (Å²) in [7, 11) is -1.45. The topological polar surface area (TPSA) is 70.5 Å². The lowest BCUT2D eigenvalue weighted by Gasteiger charge is -2.21. The number of hydrogen-bond acceptors (Lipinski definition) is 4. The minimum Gasteiger partial charge on any atom is -0.478 e. The minimum atomic E-state index is -3.07. The highest BCUT2D eigenvalue weighted by molar-refractivity contribution is 7.90. The number of sulfonamides is 1. The molecule has 1 aliphatic carbocycles. The zero-order valence-electron chi connectivity index (χ0n) is 10.8. The molecule has 1 N–H and O–H groups in total. The first-order chi connectivity index (χ1) is 7.87. The Hall–Kier alpha value is -0.620. The van der Waals surface area contributed by atoms with Gasteiger partial charge in [-0.05, 0) is 25.7 Å². The second-order valence-electron chi connectivity index (χ2n) is 4.56. The summed E-state index contributed by atoms with van der Waals surface area (Å²) in [5, 5.41) is 7.11. The lowest BCUT2D eigenvalue weighted by Crippen LogP contribution is -2.33. The fourth-order valence-electron chi connectivity index (χ4n) is 1.67. The van der Waals surface area contributed by atoms with Crippen molar-refractivity contribution in [1.82, 2.24) is 4.31 Å². The maximum Gasteiger partial charge on any atom is 0.216 e. The van der Waals surface area contributed by atoms with Gasteiger partial charge in [-0.1, -0.05) is 6.92 Å². The van der Waals surface area contributed by atoms with Crippen molar-refractivity contribution < 1.29 is 13.2 Å². The standard InChI is InChI=1S/C11H22N2O3S/c1-4-10(16-9(2)12)7-8-13(3)17(14,15)11-5-6-11/h10-12H,4-8H2,1-3H3. The van der Waals surface area contributed by atoms with Crippen molar-refractivity contribution in [2.24, 2.45) is 0 Å². The molecule has 0 bridgehead atoms. The van der Waals surface area contributed by atoms with Crippen LogP contribution in [0.25, 0.3) is 0 Å². The maximum absolute atomic E-state index is 11.9. The van der Waals surface area contributed by atoms with Crippen LogP contribution in [0.4, 0.5) is 0 Å². The molecule has 1 fully saturated rings. The summed E-state index contributed by atoms with van der Waals surface area (Å²) in [6.07, 6.45) is 2.94. The summed E-state index contributed by atoms with van der Waals surface area (Å²) >= 11 is 0. The smallest absolute Gasteiger partial charge is 0.216 e. The fraction of sp³-hybridized carbons (Fsp3) is 0.909. The number of hydrogen-bond donors (Lipinski definition) is 1. The zero-order valence-corrected chi connectivity index (χ0v) is 11.6. The van der Waals surface area contributed by atoms with Gasteiger partial charge in [-0.3, -0.25) is 5.41 Å². The van der Waals surface area contributed by atoms with Crippen molar-refractivity contribution in [2.45, 2.75) is 50.9 Å². The Balaban J connectivity index is 2.40. The van der Waals surface area contributed by atoms with Gasteiger partial charge in [0.15, 0.2) is 5.90 Å². The normalized spacial score (nSPS) is 18.1. The fourth-order valence-corrected chi connectivity index (χ4v) is 3.27. The number of nitrogens with zero attached hydrogens (tertiary/aromatic N) is 1. The quantitative estimate of drug-likeness (QED) is 0.559. The lowest BCUT2D eigenvalue weighted by molar-refractivity contribution is 0.163. The van der Waals surface area contributed by atoms with Crippen LogP contribution in [0.3, 0.4) is 0 Å². The van der Waals surface area contributed by atoms with Crippen molar-refractivity contribution in [1.29, 1.82) is 5.41 Å². The van der Waals surface area contributed by atoms with Gasteiger partial charge < -0.3 is 4.74 Å². The van der Waals surface area contributed by atoms with E-state index < -0.39 is 10.0 Å². The Morgan fingerprint density at radius 1 is 1.53 bits per heavy atom. The molecular formula is C11H22N2O3S. The third kappa shape index (κ3) is 4.27. The second-order valence-corrected chi connectivity index (χ2v) is 6.88. The first kappa shape index (κ1) is 14.4. The third-order valence-corrected chi connectivity index (χ3v) is 5.31. The minimum absolute atomic E-state index is 0.0654. The van der Waals surface area contributed by atoms with Crippen LogP contribution in [-0.4, -0.2) is 43.6 Å². The summed E-state index contributed by atoms with van der Waals surface area (Å²) < 4.78 is 30.4. The predicted octanol–water partition coefficient (Wildman–Crippen LogP) is 1.59. The summed E-state index contributed by atoms with van der Waals surface area (Å²) in [6, 6.07) is 0. The molecule has 0 amide bonds. The molecule has 1 aliphatic rings. The second kappa shape index (κ2) is 5.82. The molecule has 17 heavy (non-hydrogen) atoms. The van der Waals surface area contributed by atoms with Crippen LogP contribution in [-0.2, 0) is 14.8 Å². The molecule has 0 aromatic carbocycles. The van der Waals surface area contributed by atoms with Gasteiger partial charge in [-0.25, -0.2) is 12.7 Å². The molecule has 0 radical (unpaired) electrons. The molecular weight excluding hydrogens is 240 g/mol. The van der Waals surface area contributed by atoms with E-state index in [0.717, 1.165) is 19.3 Å². The van der Waals surface area contributed by atoms with E-state index in [-0.39, 0.29) is 17.3 Å². The van der Waals surface area contributed by atoms with Crippen molar-refractivity contribution in [3.05, 3.63) is 0 Å². The van der Waals surface area contributed by atoms with Crippen LogP contribution in [0.5, 0.6) is 0 Å². The summed E-state index contributed by atoms with van der Waals surface area (Å²) in [5.41, 5.74) is 0. The van der Waals surface area contributed by atoms with Crippen molar-refractivity contribution in [3.63, 3.8) is 0 Å². The van der Waals surface area contributed by atoms with E-state index in [0.29, 0.717) is 13.0 Å². The zero-order chi connectivity index (χ0) is 13.1. The SMILES string of the molecule is CCC(CCN(C)S(=O)(=O)C1CC1)OC(C)=N. The van der Waals surface area contributed by atoms with E-state index in [2.05, 4.69) is 0 Å². The highest BCUT2D eigenvalue weighted by atomic mass is 32.2. The van der Waals surface area contributed by atoms with E-state index in [4.69, 9.17) is 10.1 Å². The molecule has 0 saturated heterocycles. The molecule has 1 unspecified atom stereocenters. The van der Waals surface area contributed by atoms with Crippen molar-refractivity contribution in [2.75, 3.05) is 13.6 Å². The van der Waals surface area contributed by atoms with Crippen LogP contribution in [0.2, 0.25) is 0 Å². The molecule has 1 atom stereocenters. The molecule has 0 spiro atoms. The van der Waals surface area contributed by atoms with Gasteiger partial charge in [-0.2, -0.15) is 0 Å². The summed E-state index contributed by atoms with van der Waals surface area (Å²) in [6.45, 7) is 4.03. The van der Waals surface area contributed by atoms with Crippen LogP contribution >= 0.6 is 0 Å². The average Bonchev–Trinajstić information content (AvgIpc) is 3.06. The first-order valence-electron chi connectivity index (χ1n) is 6.04. The largest absolute Gasteiger partial charge is 0.478 e. The Kier molecular flexibility index (Phi) is 4.94. The van der Waals surface area contributed by atoms with Gasteiger partial charge in [-0.15, -0.1) is 0 Å². The number of rotatable bonds is 7. The lowest BCUT2D eigenvalue weighted by atomic mass is 10.2. The van der Waals surface area contributed by atoms with Gasteiger partial charge >= 0.3 is 0 Å². The van der Waals surface area contributed by atoms with E-state index in [1.54, 1.807) is 14.0 Å². The van der Waals surface area contributed by atoms with Gasteiger partial charge in [0.25, 0.3) is 0 Å². The maximum atomic E-state index is 11.9. The number of nitrogens with one attached hydrogen (secondary N) is 1. The van der Waals surface area contributed by atoms with Crippen LogP contribution < -0.4 is 0 Å². The molecule has 0 heterocycles. The number of ether oxygens (including phenoxy) is 1. The molecule has 6 heteroatoms. The van der Waals surface area contributed by atoms with Crippen molar-refractivity contribution in [3.8, 4) is 0 Å². The predicted molar refractivity (Wildman–Crippen MR) is 67.8 cm³/mol. The van der Waals surface area contributed by atoms with Gasteiger partial charge in [0, 0.05) is 20.5 Å². The van der Waals surface area contributed by atoms with Crippen molar-refractivity contribution >= 4 is 15.9 Å². The highest BCUT2D eigenvalue weighted by Crippen LogP contribution is 2.30. The Morgan fingerprint density at radius 2 is 2.12 bits per heavy atom. The molecule has 5 nitrogen and oxygen atoms in total. The van der Waals surface area contributed by atoms with E-state index in [9.17, 15) is 8.42 Å². The molecule has 1 rings (SSSR count). The third-order valence-electron chi connectivity index (χ3n) is 2.94. The summed E-state index contributed by atoms with van der Waals surface area (Å²) in [4.78, 5) is 0. The van der Waals surface area contributed by atoms with Gasteiger partial charge in [0.2, 0.25) is 10.0 Å². The van der Waals surface area contributed by atoms with Crippen LogP contribution in [0, 0.1) is 5.41 Å². The van der Waals surface area contributed by atoms with E-state index >= 15 is 0 Å². The van der Waals surface area contributed by atoms with Crippen LogP contribution in [0.15, 0.2) is 0 Å². The van der Waals surface area contributed by atoms with Gasteiger partial charge in [0.1, 0.15) is 6.10 Å².